The molecular formula is C12H12N2O2. The highest BCUT2D eigenvalue weighted by Gasteiger charge is 2.09. The van der Waals surface area contributed by atoms with Crippen LogP contribution in [0.25, 0.3) is 11.3 Å². The highest BCUT2D eigenvalue weighted by Crippen LogP contribution is 2.18. The molecule has 1 N–H and O–H groups in total. The third-order valence-electron chi connectivity index (χ3n) is 2.60. The molecule has 1 aromatic carbocycles. The van der Waals surface area contributed by atoms with Crippen molar-refractivity contribution in [2.75, 3.05) is 0 Å². The van der Waals surface area contributed by atoms with Gasteiger partial charge in [0.2, 0.25) is 0 Å². The largest absolute Gasteiger partial charge is 0.328 e. The number of nitrogens with one attached hydrogen (secondary N) is 1. The third kappa shape index (κ3) is 1.58. The maximum absolute atomic E-state index is 11.5. The van der Waals surface area contributed by atoms with Gasteiger partial charge in [-0.3, -0.25) is 14.3 Å². The molecule has 0 bridgehead atoms. The molecule has 0 aliphatic rings. The molecule has 16 heavy (non-hydrogen) atoms. The van der Waals surface area contributed by atoms with Gasteiger partial charge in [-0.25, -0.2) is 4.79 Å². The number of hydrogen-bond acceptors (Lipinski definition) is 2. The summed E-state index contributed by atoms with van der Waals surface area (Å²) in [5.74, 6) is 0. The lowest BCUT2D eigenvalue weighted by Gasteiger charge is -2.09. The first-order valence-electron chi connectivity index (χ1n) is 4.96. The van der Waals surface area contributed by atoms with Crippen molar-refractivity contribution in [3.05, 3.63) is 56.7 Å². The van der Waals surface area contributed by atoms with Gasteiger partial charge in [-0.15, -0.1) is 0 Å². The zero-order chi connectivity index (χ0) is 11.7. The van der Waals surface area contributed by atoms with E-state index in [2.05, 4.69) is 4.98 Å². The Bertz CT molecular complexity index is 589. The number of nitrogens with zero attached hydrogens (tertiary/aromatic N) is 1. The highest BCUT2D eigenvalue weighted by atomic mass is 16.2. The summed E-state index contributed by atoms with van der Waals surface area (Å²) in [5, 5.41) is 0. The van der Waals surface area contributed by atoms with E-state index in [0.29, 0.717) is 11.3 Å². The molecule has 0 spiro atoms. The van der Waals surface area contributed by atoms with Crippen LogP contribution in [0.3, 0.4) is 0 Å². The minimum atomic E-state index is -0.394. The predicted octanol–water partition coefficient (Wildman–Crippen LogP) is 1.05. The zero-order valence-corrected chi connectivity index (χ0v) is 9.15. The monoisotopic (exact) mass is 216 g/mol. The Morgan fingerprint density at radius 1 is 1.12 bits per heavy atom. The van der Waals surface area contributed by atoms with Crippen LogP contribution in [0.5, 0.6) is 0 Å². The SMILES string of the molecule is Cc1c(-c2ccccc2)n(C)c(=O)[nH]c1=O. The van der Waals surface area contributed by atoms with Crippen LogP contribution < -0.4 is 11.2 Å². The molecule has 0 radical (unpaired) electrons. The number of rotatable bonds is 1. The summed E-state index contributed by atoms with van der Waals surface area (Å²) in [6.07, 6.45) is 0. The minimum Gasteiger partial charge on any atom is -0.296 e. The Labute approximate surface area is 92.2 Å². The van der Waals surface area contributed by atoms with Gasteiger partial charge in [-0.2, -0.15) is 0 Å². The summed E-state index contributed by atoms with van der Waals surface area (Å²) >= 11 is 0. The van der Waals surface area contributed by atoms with Gasteiger partial charge in [0.25, 0.3) is 5.56 Å². The molecule has 82 valence electrons. The normalized spacial score (nSPS) is 10.4. The molecule has 0 saturated carbocycles. The molecule has 2 rings (SSSR count). The first kappa shape index (κ1) is 10.4. The molecule has 2 aromatic rings. The molecule has 0 aliphatic heterocycles. The lowest BCUT2D eigenvalue weighted by atomic mass is 10.1. The van der Waals surface area contributed by atoms with Crippen molar-refractivity contribution in [3.63, 3.8) is 0 Å². The average Bonchev–Trinajstić information content (AvgIpc) is 2.28. The Kier molecular flexibility index (Phi) is 2.48. The molecule has 1 heterocycles. The molecule has 4 nitrogen and oxygen atoms in total. The predicted molar refractivity (Wildman–Crippen MR) is 62.5 cm³/mol. The summed E-state index contributed by atoms with van der Waals surface area (Å²) in [6, 6.07) is 9.40. The van der Waals surface area contributed by atoms with Gasteiger partial charge in [0, 0.05) is 12.6 Å². The van der Waals surface area contributed by atoms with Gasteiger partial charge >= 0.3 is 5.69 Å². The van der Waals surface area contributed by atoms with E-state index in [1.165, 1.54) is 4.57 Å². The number of H-pyrrole nitrogens is 1. The van der Waals surface area contributed by atoms with Gasteiger partial charge in [0.1, 0.15) is 0 Å². The van der Waals surface area contributed by atoms with E-state index in [0.717, 1.165) is 5.56 Å². The Morgan fingerprint density at radius 3 is 2.38 bits per heavy atom. The summed E-state index contributed by atoms with van der Waals surface area (Å²) in [7, 11) is 1.65. The second kappa shape index (κ2) is 3.81. The first-order chi connectivity index (χ1) is 7.61. The highest BCUT2D eigenvalue weighted by molar-refractivity contribution is 5.62. The molecule has 0 amide bonds. The van der Waals surface area contributed by atoms with Gasteiger partial charge in [-0.1, -0.05) is 30.3 Å². The molecule has 0 aliphatic carbocycles. The van der Waals surface area contributed by atoms with E-state index >= 15 is 0 Å². The van der Waals surface area contributed by atoms with Crippen molar-refractivity contribution >= 4 is 0 Å². The maximum Gasteiger partial charge on any atom is 0.328 e. The van der Waals surface area contributed by atoms with Crippen molar-refractivity contribution in [1.29, 1.82) is 0 Å². The topological polar surface area (TPSA) is 54.9 Å². The molecular weight excluding hydrogens is 204 g/mol. The second-order valence-corrected chi connectivity index (χ2v) is 3.66. The van der Waals surface area contributed by atoms with Crippen LogP contribution in [-0.4, -0.2) is 9.55 Å². The third-order valence-corrected chi connectivity index (χ3v) is 2.60. The smallest absolute Gasteiger partial charge is 0.296 e. The van der Waals surface area contributed by atoms with E-state index in [4.69, 9.17) is 0 Å². The lowest BCUT2D eigenvalue weighted by molar-refractivity contribution is 0.799. The molecule has 0 atom stereocenters. The van der Waals surface area contributed by atoms with Gasteiger partial charge < -0.3 is 0 Å². The van der Waals surface area contributed by atoms with Crippen LogP contribution in [0.2, 0.25) is 0 Å². The van der Waals surface area contributed by atoms with E-state index in [1.807, 2.05) is 30.3 Å². The van der Waals surface area contributed by atoms with Crippen molar-refractivity contribution in [3.8, 4) is 11.3 Å². The Morgan fingerprint density at radius 2 is 1.75 bits per heavy atom. The van der Waals surface area contributed by atoms with Crippen LogP contribution in [0.15, 0.2) is 39.9 Å². The van der Waals surface area contributed by atoms with Gasteiger partial charge in [0.05, 0.1) is 5.69 Å². The molecule has 0 fully saturated rings. The summed E-state index contributed by atoms with van der Waals surface area (Å²) in [4.78, 5) is 25.3. The van der Waals surface area contributed by atoms with Gasteiger partial charge in [0.15, 0.2) is 0 Å². The fraction of sp³-hybridized carbons (Fsp3) is 0.167. The van der Waals surface area contributed by atoms with Crippen molar-refractivity contribution < 1.29 is 0 Å². The zero-order valence-electron chi connectivity index (χ0n) is 9.15. The van der Waals surface area contributed by atoms with Crippen LogP contribution in [0.4, 0.5) is 0 Å². The van der Waals surface area contributed by atoms with Crippen molar-refractivity contribution in [1.82, 2.24) is 9.55 Å². The van der Waals surface area contributed by atoms with E-state index in [-0.39, 0.29) is 5.56 Å². The number of aromatic nitrogens is 2. The minimum absolute atomic E-state index is 0.332. The second-order valence-electron chi connectivity index (χ2n) is 3.66. The van der Waals surface area contributed by atoms with Crippen LogP contribution >= 0.6 is 0 Å². The summed E-state index contributed by atoms with van der Waals surface area (Å²) in [5.41, 5.74) is 1.35. The Balaban J connectivity index is 2.85. The van der Waals surface area contributed by atoms with E-state index < -0.39 is 5.69 Å². The standard InChI is InChI=1S/C12H12N2O2/c1-8-10(9-6-4-3-5-7-9)14(2)12(16)13-11(8)15/h3-7H,1-2H3,(H,13,15,16). The number of aromatic amines is 1. The van der Waals surface area contributed by atoms with Crippen molar-refractivity contribution in [2.45, 2.75) is 6.92 Å². The fourth-order valence-corrected chi connectivity index (χ4v) is 1.74. The lowest BCUT2D eigenvalue weighted by Crippen LogP contribution is -2.31. The summed E-state index contributed by atoms with van der Waals surface area (Å²) < 4.78 is 1.45. The number of hydrogen-bond donors (Lipinski definition) is 1. The average molecular weight is 216 g/mol. The van der Waals surface area contributed by atoms with Crippen LogP contribution in [0.1, 0.15) is 5.56 Å². The van der Waals surface area contributed by atoms with E-state index in [1.54, 1.807) is 14.0 Å². The molecule has 0 saturated heterocycles. The molecule has 0 unspecified atom stereocenters. The van der Waals surface area contributed by atoms with E-state index in [9.17, 15) is 9.59 Å². The molecule has 1 aromatic heterocycles. The number of benzene rings is 1. The van der Waals surface area contributed by atoms with Crippen molar-refractivity contribution in [2.24, 2.45) is 7.05 Å². The molecule has 4 heteroatoms. The summed E-state index contributed by atoms with van der Waals surface area (Å²) in [6.45, 7) is 1.71. The quantitative estimate of drug-likeness (QED) is 0.774. The van der Waals surface area contributed by atoms with Gasteiger partial charge in [-0.05, 0) is 12.5 Å². The van der Waals surface area contributed by atoms with Crippen LogP contribution in [0, 0.1) is 6.92 Å². The first-order valence-corrected chi connectivity index (χ1v) is 4.96. The van der Waals surface area contributed by atoms with Crippen LogP contribution in [-0.2, 0) is 7.05 Å². The fourth-order valence-electron chi connectivity index (χ4n) is 1.74. The maximum atomic E-state index is 11.5. The Hall–Kier alpha value is -2.10.